The van der Waals surface area contributed by atoms with E-state index in [4.69, 9.17) is 23.7 Å². The quantitative estimate of drug-likeness (QED) is 0.423. The molecule has 192 valence electrons. The highest BCUT2D eigenvalue weighted by Gasteiger charge is 2.50. The van der Waals surface area contributed by atoms with Crippen molar-refractivity contribution < 1.29 is 28.8 Å². The molecule has 0 amide bonds. The molecule has 0 aromatic rings. The lowest BCUT2D eigenvalue weighted by molar-refractivity contribution is -0.196. The number of rotatable bonds is 8. The van der Waals surface area contributed by atoms with Crippen LogP contribution in [0.3, 0.4) is 0 Å². The zero-order valence-corrected chi connectivity index (χ0v) is 22.2. The van der Waals surface area contributed by atoms with Gasteiger partial charge in [-0.25, -0.2) is 0 Å². The first-order valence-electron chi connectivity index (χ1n) is 13.3. The Labute approximate surface area is 213 Å². The molecular weight excluding hydrogens is 500 g/mol. The van der Waals surface area contributed by atoms with E-state index in [2.05, 4.69) is 47.7 Å². The van der Waals surface area contributed by atoms with E-state index in [1.165, 1.54) is 0 Å². The Kier molecular flexibility index (Phi) is 10.3. The third-order valence-corrected chi connectivity index (χ3v) is 8.15. The van der Waals surface area contributed by atoms with Crippen molar-refractivity contribution >= 4 is 15.9 Å². The number of hydrogen-bond donors (Lipinski definition) is 1. The smallest absolute Gasteiger partial charge is 0.158 e. The van der Waals surface area contributed by atoms with E-state index >= 15 is 0 Å². The second-order valence-corrected chi connectivity index (χ2v) is 11.0. The summed E-state index contributed by atoms with van der Waals surface area (Å²) < 4.78 is 31.6. The molecular formula is C27H41BrO6. The summed E-state index contributed by atoms with van der Waals surface area (Å²) in [5, 5.41) is 10.2. The van der Waals surface area contributed by atoms with Crippen LogP contribution in [0.15, 0.2) is 10.6 Å². The fourth-order valence-corrected chi connectivity index (χ4v) is 6.49. The molecule has 0 aromatic heterocycles. The predicted octanol–water partition coefficient (Wildman–Crippen LogP) is 5.27. The molecule has 3 aliphatic heterocycles. The van der Waals surface area contributed by atoms with Gasteiger partial charge in [0.05, 0.1) is 18.3 Å². The highest BCUT2D eigenvalue weighted by atomic mass is 79.9. The summed E-state index contributed by atoms with van der Waals surface area (Å²) in [7, 11) is 0. The normalized spacial score (nSPS) is 38.1. The molecule has 1 saturated carbocycles. The van der Waals surface area contributed by atoms with Gasteiger partial charge in [-0.3, -0.25) is 0 Å². The topological polar surface area (TPSA) is 66.4 Å². The lowest BCUT2D eigenvalue weighted by Gasteiger charge is -2.32. The molecule has 3 saturated heterocycles. The molecule has 4 aliphatic rings. The van der Waals surface area contributed by atoms with Crippen LogP contribution in [0.5, 0.6) is 0 Å². The molecule has 3 unspecified atom stereocenters. The maximum Gasteiger partial charge on any atom is 0.158 e. The van der Waals surface area contributed by atoms with Crippen molar-refractivity contribution in [1.82, 2.24) is 0 Å². The monoisotopic (exact) mass is 540 g/mol. The van der Waals surface area contributed by atoms with Gasteiger partial charge >= 0.3 is 0 Å². The van der Waals surface area contributed by atoms with Crippen molar-refractivity contribution in [1.29, 1.82) is 0 Å². The van der Waals surface area contributed by atoms with Crippen LogP contribution < -0.4 is 0 Å². The minimum atomic E-state index is -0.692. The van der Waals surface area contributed by atoms with Gasteiger partial charge in [0.15, 0.2) is 18.9 Å². The molecule has 34 heavy (non-hydrogen) atoms. The van der Waals surface area contributed by atoms with Crippen molar-refractivity contribution in [2.75, 3.05) is 13.2 Å². The number of fused-ring (bicyclic) bond motifs is 1. The Morgan fingerprint density at radius 1 is 1.09 bits per heavy atom. The summed E-state index contributed by atoms with van der Waals surface area (Å²) in [6.45, 7) is 5.78. The largest absolute Gasteiger partial charge is 0.368 e. The second-order valence-electron chi connectivity index (χ2n) is 10.1. The molecule has 7 heteroatoms. The standard InChI is InChI=1S/C27H41BrO6/c1-3-4-5-10-18(2)27(34-26-12-7-9-14-31-26)21(28)15-19-20-16-24(29)32-22(20)17-23(19)33-25-11-6-8-13-30-25/h15,18-20,22-27,29H,3,6-14,16-17H2,1-2H3/b21-15+/t18-,19-,20+,22-,23?,24?,25?,26-,27-/m0/s1. The summed E-state index contributed by atoms with van der Waals surface area (Å²) in [6.07, 6.45) is 10.4. The van der Waals surface area contributed by atoms with Crippen LogP contribution in [0.1, 0.15) is 78.1 Å². The van der Waals surface area contributed by atoms with Gasteiger partial charge in [0, 0.05) is 49.3 Å². The first kappa shape index (κ1) is 26.6. The summed E-state index contributed by atoms with van der Waals surface area (Å²) in [4.78, 5) is 0. The van der Waals surface area contributed by atoms with E-state index in [9.17, 15) is 5.11 Å². The maximum atomic E-state index is 10.2. The minimum Gasteiger partial charge on any atom is -0.368 e. The van der Waals surface area contributed by atoms with Gasteiger partial charge in [-0.2, -0.15) is 0 Å². The van der Waals surface area contributed by atoms with Crippen LogP contribution in [0.2, 0.25) is 0 Å². The molecule has 6 nitrogen and oxygen atoms in total. The lowest BCUT2D eigenvalue weighted by Crippen LogP contribution is -2.33. The molecule has 0 radical (unpaired) electrons. The highest BCUT2D eigenvalue weighted by molar-refractivity contribution is 9.11. The minimum absolute atomic E-state index is 0.0000743. The highest BCUT2D eigenvalue weighted by Crippen LogP contribution is 2.46. The third-order valence-electron chi connectivity index (χ3n) is 7.44. The molecule has 4 fully saturated rings. The van der Waals surface area contributed by atoms with Crippen molar-refractivity contribution in [2.24, 2.45) is 17.8 Å². The van der Waals surface area contributed by atoms with Crippen LogP contribution in [-0.4, -0.2) is 55.5 Å². The SMILES string of the molecule is CCC#CC[C@H](C)[C@H](O[C@H]1CCCCO1)/C(Br)=C\[C@@H]1C(OC2CCCCO2)C[C@@H]2OC(O)C[C@@H]21. The van der Waals surface area contributed by atoms with Crippen LogP contribution in [0, 0.1) is 29.6 Å². The predicted molar refractivity (Wildman–Crippen MR) is 133 cm³/mol. The van der Waals surface area contributed by atoms with Gasteiger partial charge in [0.2, 0.25) is 0 Å². The zero-order chi connectivity index (χ0) is 23.9. The fraction of sp³-hybridized carbons (Fsp3) is 0.852. The van der Waals surface area contributed by atoms with E-state index < -0.39 is 6.29 Å². The van der Waals surface area contributed by atoms with Crippen molar-refractivity contribution in [3.63, 3.8) is 0 Å². The summed E-state index contributed by atoms with van der Waals surface area (Å²) in [5.41, 5.74) is 0. The molecule has 0 aromatic carbocycles. The summed E-state index contributed by atoms with van der Waals surface area (Å²) in [5.74, 6) is 7.03. The van der Waals surface area contributed by atoms with E-state index in [-0.39, 0.29) is 48.6 Å². The average molecular weight is 542 g/mol. The number of aliphatic hydroxyl groups excluding tert-OH is 1. The molecule has 9 atom stereocenters. The summed E-state index contributed by atoms with van der Waals surface area (Å²) >= 11 is 3.90. The van der Waals surface area contributed by atoms with Gasteiger partial charge in [0.25, 0.3) is 0 Å². The Morgan fingerprint density at radius 2 is 1.82 bits per heavy atom. The molecule has 1 aliphatic carbocycles. The zero-order valence-electron chi connectivity index (χ0n) is 20.6. The first-order valence-corrected chi connectivity index (χ1v) is 14.0. The van der Waals surface area contributed by atoms with Crippen LogP contribution in [0.25, 0.3) is 0 Å². The van der Waals surface area contributed by atoms with E-state index in [1.807, 2.05) is 0 Å². The van der Waals surface area contributed by atoms with Gasteiger partial charge < -0.3 is 28.8 Å². The van der Waals surface area contributed by atoms with Gasteiger partial charge in [-0.15, -0.1) is 11.8 Å². The van der Waals surface area contributed by atoms with Crippen LogP contribution in [-0.2, 0) is 23.7 Å². The Bertz CT molecular complexity index is 720. The lowest BCUT2D eigenvalue weighted by atomic mass is 9.90. The summed E-state index contributed by atoms with van der Waals surface area (Å²) in [6, 6.07) is 0. The van der Waals surface area contributed by atoms with Crippen LogP contribution >= 0.6 is 15.9 Å². The second kappa shape index (κ2) is 13.2. The van der Waals surface area contributed by atoms with Crippen LogP contribution in [0.4, 0.5) is 0 Å². The first-order chi connectivity index (χ1) is 16.5. The Morgan fingerprint density at radius 3 is 2.50 bits per heavy atom. The van der Waals surface area contributed by atoms with Crippen molar-refractivity contribution in [3.8, 4) is 11.8 Å². The Balaban J connectivity index is 1.51. The van der Waals surface area contributed by atoms with Gasteiger partial charge in [-0.05, 0) is 50.4 Å². The molecule has 3 heterocycles. The van der Waals surface area contributed by atoms with E-state index in [1.54, 1.807) is 0 Å². The average Bonchev–Trinajstić information content (AvgIpc) is 3.35. The molecule has 0 spiro atoms. The van der Waals surface area contributed by atoms with E-state index in [0.29, 0.717) is 6.42 Å². The number of hydrogen-bond acceptors (Lipinski definition) is 6. The van der Waals surface area contributed by atoms with Crippen molar-refractivity contribution in [2.45, 2.75) is 115 Å². The van der Waals surface area contributed by atoms with Gasteiger partial charge in [-0.1, -0.05) is 35.9 Å². The number of halogens is 1. The Hall–Kier alpha value is -0.460. The van der Waals surface area contributed by atoms with E-state index in [0.717, 1.165) is 75.5 Å². The molecule has 1 N–H and O–H groups in total. The third kappa shape index (κ3) is 7.06. The number of aliphatic hydroxyl groups is 1. The number of ether oxygens (including phenoxy) is 5. The molecule has 4 rings (SSSR count). The maximum absolute atomic E-state index is 10.2. The fourth-order valence-electron chi connectivity index (χ4n) is 5.63. The van der Waals surface area contributed by atoms with Crippen molar-refractivity contribution in [3.05, 3.63) is 10.6 Å². The van der Waals surface area contributed by atoms with Gasteiger partial charge in [0.1, 0.15) is 0 Å². The molecule has 0 bridgehead atoms.